The van der Waals surface area contributed by atoms with E-state index in [1.807, 2.05) is 12.1 Å². The molecular weight excluding hydrogens is 358 g/mol. The lowest BCUT2D eigenvalue weighted by atomic mass is 10.1. The Labute approximate surface area is 151 Å². The van der Waals surface area contributed by atoms with E-state index in [1.54, 1.807) is 19.2 Å². The topological polar surface area (TPSA) is 90.6 Å². The van der Waals surface area contributed by atoms with Gasteiger partial charge in [-0.2, -0.15) is 4.31 Å². The van der Waals surface area contributed by atoms with Crippen LogP contribution in [-0.4, -0.2) is 35.5 Å². The quantitative estimate of drug-likeness (QED) is 0.777. The number of rotatable bonds is 4. The molecule has 1 aromatic carbocycles. The highest BCUT2D eigenvalue weighted by Crippen LogP contribution is 2.36. The third kappa shape index (κ3) is 2.97. The zero-order chi connectivity index (χ0) is 19.1. The van der Waals surface area contributed by atoms with Gasteiger partial charge in [-0.3, -0.25) is 9.36 Å². The normalized spacial score (nSPS) is 18.2. The Morgan fingerprint density at radius 1 is 1.12 bits per heavy atom. The summed E-state index contributed by atoms with van der Waals surface area (Å²) in [6, 6.07) is 6.87. The van der Waals surface area contributed by atoms with E-state index in [9.17, 15) is 18.0 Å². The predicted molar refractivity (Wildman–Crippen MR) is 95.8 cm³/mol. The molecule has 1 aliphatic heterocycles. The van der Waals surface area contributed by atoms with Gasteiger partial charge in [0.2, 0.25) is 0 Å². The Balaban J connectivity index is 2.06. The summed E-state index contributed by atoms with van der Waals surface area (Å²) in [6.07, 6.45) is 2.46. The number of nitrogens with zero attached hydrogens (tertiary/aromatic N) is 3. The highest BCUT2D eigenvalue weighted by molar-refractivity contribution is 7.89. The number of hydrogen-bond acceptors (Lipinski definition) is 5. The van der Waals surface area contributed by atoms with Crippen molar-refractivity contribution < 1.29 is 13.2 Å². The zero-order valence-electron chi connectivity index (χ0n) is 14.9. The Hall–Kier alpha value is -2.39. The average molecular weight is 379 g/mol. The number of benzene rings is 1. The van der Waals surface area contributed by atoms with Crippen molar-refractivity contribution in [2.75, 3.05) is 13.7 Å². The monoisotopic (exact) mass is 379 g/mol. The summed E-state index contributed by atoms with van der Waals surface area (Å²) >= 11 is 0. The fourth-order valence-electron chi connectivity index (χ4n) is 3.27. The predicted octanol–water partition coefficient (Wildman–Crippen LogP) is 0.618. The molecule has 1 fully saturated rings. The van der Waals surface area contributed by atoms with Crippen LogP contribution >= 0.6 is 0 Å². The fraction of sp³-hybridized carbons (Fsp3) is 0.412. The van der Waals surface area contributed by atoms with E-state index in [-0.39, 0.29) is 10.9 Å². The first-order chi connectivity index (χ1) is 12.3. The smallest absolute Gasteiger partial charge is 0.330 e. The van der Waals surface area contributed by atoms with Gasteiger partial charge in [-0.1, -0.05) is 12.1 Å². The number of aryl methyl sites for hydroxylation is 1. The first kappa shape index (κ1) is 18.4. The van der Waals surface area contributed by atoms with Crippen molar-refractivity contribution in [3.05, 3.63) is 56.9 Å². The molecule has 0 spiro atoms. The van der Waals surface area contributed by atoms with Gasteiger partial charge in [0.05, 0.1) is 13.2 Å². The number of sulfonamides is 1. The second kappa shape index (κ2) is 6.73. The van der Waals surface area contributed by atoms with Gasteiger partial charge in [-0.25, -0.2) is 13.2 Å². The second-order valence-corrected chi connectivity index (χ2v) is 8.16. The van der Waals surface area contributed by atoms with Crippen molar-refractivity contribution in [1.29, 1.82) is 0 Å². The molecule has 1 saturated heterocycles. The van der Waals surface area contributed by atoms with Gasteiger partial charge in [0.1, 0.15) is 5.75 Å². The molecule has 1 atom stereocenters. The van der Waals surface area contributed by atoms with E-state index in [0.29, 0.717) is 25.1 Å². The van der Waals surface area contributed by atoms with Crippen molar-refractivity contribution in [2.24, 2.45) is 14.1 Å². The van der Waals surface area contributed by atoms with E-state index >= 15 is 0 Å². The van der Waals surface area contributed by atoms with E-state index < -0.39 is 21.3 Å². The van der Waals surface area contributed by atoms with Crippen molar-refractivity contribution in [3.63, 3.8) is 0 Å². The summed E-state index contributed by atoms with van der Waals surface area (Å²) in [6.45, 7) is 0.324. The largest absolute Gasteiger partial charge is 0.497 e. The fourth-order valence-corrected chi connectivity index (χ4v) is 5.10. The van der Waals surface area contributed by atoms with Crippen LogP contribution in [0.15, 0.2) is 44.9 Å². The molecular formula is C17H21N3O5S. The summed E-state index contributed by atoms with van der Waals surface area (Å²) in [4.78, 5) is 23.9. The maximum atomic E-state index is 13.2. The molecule has 26 heavy (non-hydrogen) atoms. The number of ether oxygens (including phenoxy) is 1. The van der Waals surface area contributed by atoms with Crippen LogP contribution < -0.4 is 16.0 Å². The number of hydrogen-bond donors (Lipinski definition) is 0. The van der Waals surface area contributed by atoms with Crippen molar-refractivity contribution in [2.45, 2.75) is 23.8 Å². The van der Waals surface area contributed by atoms with E-state index in [1.165, 1.54) is 18.4 Å². The summed E-state index contributed by atoms with van der Waals surface area (Å²) < 4.78 is 34.7. The summed E-state index contributed by atoms with van der Waals surface area (Å²) in [5, 5.41) is 0. The highest BCUT2D eigenvalue weighted by Gasteiger charge is 2.38. The van der Waals surface area contributed by atoms with Crippen LogP contribution in [0.25, 0.3) is 0 Å². The molecule has 8 nitrogen and oxygen atoms in total. The standard InChI is InChI=1S/C17H21N3O5S/c1-18-11-15(16(21)19(2)17(18)22)26(23,24)20-10-4-5-14(20)12-6-8-13(25-3)9-7-12/h6-9,11,14H,4-5,10H2,1-3H3/t14-/m1/s1. The minimum Gasteiger partial charge on any atom is -0.497 e. The molecule has 0 amide bonds. The average Bonchev–Trinajstić information content (AvgIpc) is 3.13. The minimum atomic E-state index is -4.04. The molecule has 0 bridgehead atoms. The SMILES string of the molecule is COc1ccc([C@H]2CCCN2S(=O)(=O)c2cn(C)c(=O)n(C)c2=O)cc1. The molecule has 0 radical (unpaired) electrons. The third-order valence-electron chi connectivity index (χ3n) is 4.71. The third-order valence-corrected chi connectivity index (χ3v) is 6.60. The van der Waals surface area contributed by atoms with Crippen LogP contribution in [0.1, 0.15) is 24.4 Å². The van der Waals surface area contributed by atoms with Crippen LogP contribution in [0.5, 0.6) is 5.75 Å². The molecule has 2 heterocycles. The van der Waals surface area contributed by atoms with Gasteiger partial charge in [0, 0.05) is 26.8 Å². The Kier molecular flexibility index (Phi) is 4.76. The van der Waals surface area contributed by atoms with Crippen LogP contribution in [-0.2, 0) is 24.1 Å². The van der Waals surface area contributed by atoms with Crippen LogP contribution in [0.4, 0.5) is 0 Å². The van der Waals surface area contributed by atoms with Gasteiger partial charge in [0.15, 0.2) is 4.90 Å². The molecule has 140 valence electrons. The zero-order valence-corrected chi connectivity index (χ0v) is 15.7. The van der Waals surface area contributed by atoms with Crippen LogP contribution in [0, 0.1) is 0 Å². The van der Waals surface area contributed by atoms with Crippen LogP contribution in [0.3, 0.4) is 0 Å². The molecule has 0 saturated carbocycles. The van der Waals surface area contributed by atoms with Crippen LogP contribution in [0.2, 0.25) is 0 Å². The van der Waals surface area contributed by atoms with Gasteiger partial charge >= 0.3 is 5.69 Å². The maximum absolute atomic E-state index is 13.2. The summed E-state index contributed by atoms with van der Waals surface area (Å²) in [5.41, 5.74) is -0.538. The molecule has 0 aliphatic carbocycles. The molecule has 9 heteroatoms. The molecule has 1 aliphatic rings. The molecule has 3 rings (SSSR count). The van der Waals surface area contributed by atoms with E-state index in [4.69, 9.17) is 4.74 Å². The van der Waals surface area contributed by atoms with Gasteiger partial charge in [0.25, 0.3) is 15.6 Å². The Morgan fingerprint density at radius 3 is 2.38 bits per heavy atom. The summed E-state index contributed by atoms with van der Waals surface area (Å²) in [5.74, 6) is 0.688. The Bertz CT molecular complexity index is 1040. The van der Waals surface area contributed by atoms with E-state index in [2.05, 4.69) is 0 Å². The first-order valence-electron chi connectivity index (χ1n) is 8.20. The molecule has 0 N–H and O–H groups in total. The lowest BCUT2D eigenvalue weighted by molar-refractivity contribution is 0.392. The molecule has 1 aromatic heterocycles. The first-order valence-corrected chi connectivity index (χ1v) is 9.64. The number of aromatic nitrogens is 2. The van der Waals surface area contributed by atoms with Gasteiger partial charge in [-0.05, 0) is 30.5 Å². The highest BCUT2D eigenvalue weighted by atomic mass is 32.2. The lowest BCUT2D eigenvalue weighted by Crippen LogP contribution is -2.42. The van der Waals surface area contributed by atoms with Gasteiger partial charge < -0.3 is 9.30 Å². The molecule has 0 unspecified atom stereocenters. The molecule has 2 aromatic rings. The van der Waals surface area contributed by atoms with Gasteiger partial charge in [-0.15, -0.1) is 0 Å². The van der Waals surface area contributed by atoms with E-state index in [0.717, 1.165) is 20.9 Å². The van der Waals surface area contributed by atoms with Crippen molar-refractivity contribution in [3.8, 4) is 5.75 Å². The Morgan fingerprint density at radius 2 is 1.77 bits per heavy atom. The second-order valence-electron chi connectivity index (χ2n) is 6.30. The lowest BCUT2D eigenvalue weighted by Gasteiger charge is -2.24. The number of methoxy groups -OCH3 is 1. The summed E-state index contributed by atoms with van der Waals surface area (Å²) in [7, 11) is 0.226. The minimum absolute atomic E-state index is 0.324. The van der Waals surface area contributed by atoms with Crippen molar-refractivity contribution >= 4 is 10.0 Å². The maximum Gasteiger partial charge on any atom is 0.330 e. The van der Waals surface area contributed by atoms with Crippen molar-refractivity contribution in [1.82, 2.24) is 13.4 Å².